The summed E-state index contributed by atoms with van der Waals surface area (Å²) in [4.78, 5) is 26.6. The molecule has 0 radical (unpaired) electrons. The number of rotatable bonds is 6. The van der Waals surface area contributed by atoms with E-state index in [9.17, 15) is 14.0 Å². The molecular weight excluding hydrogens is 387 g/mol. The summed E-state index contributed by atoms with van der Waals surface area (Å²) in [5.74, 6) is -0.499. The molecule has 2 aromatic carbocycles. The summed E-state index contributed by atoms with van der Waals surface area (Å²) in [5, 5.41) is 2.85. The predicted molar refractivity (Wildman–Crippen MR) is 103 cm³/mol. The first kappa shape index (κ1) is 19.9. The number of para-hydroxylation sites is 2. The molecule has 0 fully saturated rings. The lowest BCUT2D eigenvalue weighted by Crippen LogP contribution is -2.51. The Morgan fingerprint density at radius 3 is 2.86 bits per heavy atom. The van der Waals surface area contributed by atoms with Crippen molar-refractivity contribution in [2.75, 3.05) is 24.6 Å². The minimum absolute atomic E-state index is 0.0614. The lowest BCUT2D eigenvalue weighted by molar-refractivity contribution is -0.128. The van der Waals surface area contributed by atoms with E-state index in [-0.39, 0.29) is 35.7 Å². The molecule has 6 nitrogen and oxygen atoms in total. The van der Waals surface area contributed by atoms with Crippen LogP contribution in [0, 0.1) is 5.82 Å². The van der Waals surface area contributed by atoms with Crippen LogP contribution in [0.4, 0.5) is 10.1 Å². The molecule has 0 bridgehead atoms. The smallest absolute Gasteiger partial charge is 0.265 e. The largest absolute Gasteiger partial charge is 0.482 e. The maximum Gasteiger partial charge on any atom is 0.265 e. The van der Waals surface area contributed by atoms with E-state index in [0.29, 0.717) is 18.0 Å². The van der Waals surface area contributed by atoms with E-state index in [2.05, 4.69) is 5.32 Å². The van der Waals surface area contributed by atoms with Crippen LogP contribution in [0.15, 0.2) is 42.5 Å². The van der Waals surface area contributed by atoms with E-state index in [4.69, 9.17) is 21.1 Å². The summed E-state index contributed by atoms with van der Waals surface area (Å²) < 4.78 is 24.4. The van der Waals surface area contributed by atoms with Gasteiger partial charge in [0, 0.05) is 6.54 Å². The minimum atomic E-state index is -0.820. The molecule has 1 heterocycles. The highest BCUT2D eigenvalue weighted by molar-refractivity contribution is 6.32. The zero-order chi connectivity index (χ0) is 20.1. The van der Waals surface area contributed by atoms with Crippen molar-refractivity contribution in [1.82, 2.24) is 5.32 Å². The molecule has 28 heavy (non-hydrogen) atoms. The molecule has 1 aliphatic rings. The Morgan fingerprint density at radius 1 is 1.32 bits per heavy atom. The quantitative estimate of drug-likeness (QED) is 0.800. The van der Waals surface area contributed by atoms with Gasteiger partial charge in [-0.05, 0) is 36.8 Å². The van der Waals surface area contributed by atoms with Crippen LogP contribution in [0.3, 0.4) is 0 Å². The maximum atomic E-state index is 13.1. The number of hydrogen-bond acceptors (Lipinski definition) is 4. The van der Waals surface area contributed by atoms with Crippen molar-refractivity contribution in [3.63, 3.8) is 0 Å². The standard InChI is InChI=1S/C20H20ClFN2O4/c1-2-9-23-20(26)18-11-24(15-5-3-4-6-17(15)28-18)19(25)12-27-16-8-7-13(22)10-14(16)21/h3-8,10,18H,2,9,11-12H2,1H3,(H,23,26)/t18-/m1/s1. The molecule has 0 unspecified atom stereocenters. The van der Waals surface area contributed by atoms with E-state index >= 15 is 0 Å². The third-order valence-corrected chi connectivity index (χ3v) is 4.46. The van der Waals surface area contributed by atoms with Crippen molar-refractivity contribution in [2.24, 2.45) is 0 Å². The average molecular weight is 407 g/mol. The first-order chi connectivity index (χ1) is 13.5. The van der Waals surface area contributed by atoms with Crippen LogP contribution in [0.2, 0.25) is 5.02 Å². The number of halogens is 2. The predicted octanol–water partition coefficient (Wildman–Crippen LogP) is 3.18. The number of amides is 2. The molecule has 1 atom stereocenters. The topological polar surface area (TPSA) is 67.9 Å². The van der Waals surface area contributed by atoms with Crippen LogP contribution in [0.25, 0.3) is 0 Å². The first-order valence-electron chi connectivity index (χ1n) is 8.91. The molecule has 2 amide bonds. The second-order valence-corrected chi connectivity index (χ2v) is 6.64. The van der Waals surface area contributed by atoms with Gasteiger partial charge in [-0.15, -0.1) is 0 Å². The third kappa shape index (κ3) is 4.54. The van der Waals surface area contributed by atoms with E-state index in [0.717, 1.165) is 12.5 Å². The van der Waals surface area contributed by atoms with Crippen LogP contribution in [0.5, 0.6) is 11.5 Å². The SMILES string of the molecule is CCCNC(=O)[C@H]1CN(C(=O)COc2ccc(F)cc2Cl)c2ccccc2O1. The summed E-state index contributed by atoms with van der Waals surface area (Å²) in [6, 6.07) is 10.6. The summed E-state index contributed by atoms with van der Waals surface area (Å²) in [6.45, 7) is 2.22. The van der Waals surface area contributed by atoms with Crippen LogP contribution >= 0.6 is 11.6 Å². The fourth-order valence-electron chi connectivity index (χ4n) is 2.78. The van der Waals surface area contributed by atoms with Gasteiger partial charge >= 0.3 is 0 Å². The molecular formula is C20H20ClFN2O4. The van der Waals surface area contributed by atoms with Crippen molar-refractivity contribution >= 4 is 29.1 Å². The molecule has 0 spiro atoms. The van der Waals surface area contributed by atoms with Gasteiger partial charge in [-0.25, -0.2) is 4.39 Å². The molecule has 0 saturated heterocycles. The Hall–Kier alpha value is -2.80. The van der Waals surface area contributed by atoms with Gasteiger partial charge in [0.25, 0.3) is 11.8 Å². The second-order valence-electron chi connectivity index (χ2n) is 6.23. The maximum absolute atomic E-state index is 13.1. The number of nitrogens with one attached hydrogen (secondary N) is 1. The van der Waals surface area contributed by atoms with Crippen LogP contribution in [0.1, 0.15) is 13.3 Å². The monoisotopic (exact) mass is 406 g/mol. The number of carbonyl (C=O) groups excluding carboxylic acids is 2. The first-order valence-corrected chi connectivity index (χ1v) is 9.29. The number of nitrogens with zero attached hydrogens (tertiary/aromatic N) is 1. The van der Waals surface area contributed by atoms with Crippen molar-refractivity contribution < 1.29 is 23.5 Å². The minimum Gasteiger partial charge on any atom is -0.482 e. The lowest BCUT2D eigenvalue weighted by atomic mass is 10.1. The Labute approximate surface area is 167 Å². The molecule has 0 aliphatic carbocycles. The Balaban J connectivity index is 1.74. The van der Waals surface area contributed by atoms with Crippen molar-refractivity contribution in [2.45, 2.75) is 19.4 Å². The van der Waals surface area contributed by atoms with Gasteiger partial charge < -0.3 is 19.7 Å². The lowest BCUT2D eigenvalue weighted by Gasteiger charge is -2.34. The van der Waals surface area contributed by atoms with Gasteiger partial charge in [-0.2, -0.15) is 0 Å². The van der Waals surface area contributed by atoms with E-state index < -0.39 is 11.9 Å². The normalized spacial score (nSPS) is 15.4. The third-order valence-electron chi connectivity index (χ3n) is 4.16. The number of fused-ring (bicyclic) bond motifs is 1. The molecule has 1 N–H and O–H groups in total. The molecule has 148 valence electrons. The van der Waals surface area contributed by atoms with Gasteiger partial charge in [0.05, 0.1) is 17.3 Å². The number of hydrogen-bond donors (Lipinski definition) is 1. The fraction of sp³-hybridized carbons (Fsp3) is 0.300. The van der Waals surface area contributed by atoms with Gasteiger partial charge in [0.15, 0.2) is 12.7 Å². The van der Waals surface area contributed by atoms with Crippen molar-refractivity contribution in [3.05, 3.63) is 53.3 Å². The van der Waals surface area contributed by atoms with Crippen molar-refractivity contribution in [3.8, 4) is 11.5 Å². The van der Waals surface area contributed by atoms with Crippen LogP contribution in [-0.2, 0) is 9.59 Å². The zero-order valence-corrected chi connectivity index (χ0v) is 16.0. The molecule has 0 aromatic heterocycles. The Bertz CT molecular complexity index is 877. The molecule has 0 saturated carbocycles. The summed E-state index contributed by atoms with van der Waals surface area (Å²) in [5.41, 5.74) is 0.556. The van der Waals surface area contributed by atoms with Crippen LogP contribution < -0.4 is 19.7 Å². The highest BCUT2D eigenvalue weighted by atomic mass is 35.5. The molecule has 3 rings (SSSR count). The number of benzene rings is 2. The number of anilines is 1. The van der Waals surface area contributed by atoms with E-state index in [1.807, 2.05) is 6.92 Å². The second kappa shape index (κ2) is 8.93. The van der Waals surface area contributed by atoms with Gasteiger partial charge in [0.1, 0.15) is 17.3 Å². The zero-order valence-electron chi connectivity index (χ0n) is 15.3. The summed E-state index contributed by atoms with van der Waals surface area (Å²) in [6.07, 6.45) is -0.0240. The number of carbonyl (C=O) groups is 2. The molecule has 1 aliphatic heterocycles. The summed E-state index contributed by atoms with van der Waals surface area (Å²) in [7, 11) is 0. The fourth-order valence-corrected chi connectivity index (χ4v) is 3.00. The Morgan fingerprint density at radius 2 is 2.11 bits per heavy atom. The average Bonchev–Trinajstić information content (AvgIpc) is 2.70. The highest BCUT2D eigenvalue weighted by Gasteiger charge is 2.33. The highest BCUT2D eigenvalue weighted by Crippen LogP contribution is 2.33. The molecule has 8 heteroatoms. The van der Waals surface area contributed by atoms with Crippen LogP contribution in [-0.4, -0.2) is 37.6 Å². The van der Waals surface area contributed by atoms with E-state index in [1.165, 1.54) is 17.0 Å². The van der Waals surface area contributed by atoms with Gasteiger partial charge in [-0.1, -0.05) is 30.7 Å². The van der Waals surface area contributed by atoms with Gasteiger partial charge in [0.2, 0.25) is 0 Å². The Kier molecular flexibility index (Phi) is 6.36. The van der Waals surface area contributed by atoms with Gasteiger partial charge in [-0.3, -0.25) is 9.59 Å². The number of ether oxygens (including phenoxy) is 2. The van der Waals surface area contributed by atoms with Crippen molar-refractivity contribution in [1.29, 1.82) is 0 Å². The summed E-state index contributed by atoms with van der Waals surface area (Å²) >= 11 is 5.93. The molecule has 2 aromatic rings. The van der Waals surface area contributed by atoms with E-state index in [1.54, 1.807) is 24.3 Å².